The maximum atomic E-state index is 13.2. The standard InChI is InChI=1S/C24H20N2O3/c1-17-9-5-8-14-21(17)25(22(27)15-18-10-3-2-4-11-18)16-26-23(28)19-12-6-7-13-20(19)24(26)29/h2-14H,15-16H2,1H3. The minimum Gasteiger partial charge on any atom is -0.293 e. The topological polar surface area (TPSA) is 57.7 Å². The largest absolute Gasteiger partial charge is 0.293 e. The molecule has 0 N–H and O–H groups in total. The lowest BCUT2D eigenvalue weighted by atomic mass is 10.1. The summed E-state index contributed by atoms with van der Waals surface area (Å²) in [6.45, 7) is 1.78. The molecule has 0 unspecified atom stereocenters. The van der Waals surface area contributed by atoms with Crippen LogP contribution in [-0.4, -0.2) is 29.3 Å². The molecule has 29 heavy (non-hydrogen) atoms. The van der Waals surface area contributed by atoms with E-state index < -0.39 is 0 Å². The Kier molecular flexibility index (Phi) is 4.96. The van der Waals surface area contributed by atoms with Crippen LogP contribution in [0.3, 0.4) is 0 Å². The zero-order chi connectivity index (χ0) is 20.4. The molecule has 1 heterocycles. The van der Waals surface area contributed by atoms with E-state index in [9.17, 15) is 14.4 Å². The van der Waals surface area contributed by atoms with Gasteiger partial charge in [0.05, 0.1) is 17.5 Å². The fourth-order valence-electron chi connectivity index (χ4n) is 3.53. The third-order valence-corrected chi connectivity index (χ3v) is 5.07. The van der Waals surface area contributed by atoms with Gasteiger partial charge in [0, 0.05) is 5.69 Å². The van der Waals surface area contributed by atoms with Crippen LogP contribution in [0.15, 0.2) is 78.9 Å². The van der Waals surface area contributed by atoms with Crippen molar-refractivity contribution < 1.29 is 14.4 Å². The summed E-state index contributed by atoms with van der Waals surface area (Å²) in [5.41, 5.74) is 3.20. The van der Waals surface area contributed by atoms with Gasteiger partial charge in [-0.3, -0.25) is 24.2 Å². The first-order chi connectivity index (χ1) is 14.1. The first kappa shape index (κ1) is 18.6. The Morgan fingerprint density at radius 2 is 1.34 bits per heavy atom. The number of benzene rings is 3. The highest BCUT2D eigenvalue weighted by Gasteiger charge is 2.37. The quantitative estimate of drug-likeness (QED) is 0.629. The van der Waals surface area contributed by atoms with Gasteiger partial charge in [0.1, 0.15) is 6.67 Å². The van der Waals surface area contributed by atoms with E-state index in [-0.39, 0.29) is 30.8 Å². The summed E-state index contributed by atoms with van der Waals surface area (Å²) in [6.07, 6.45) is 0.179. The third-order valence-electron chi connectivity index (χ3n) is 5.07. The molecule has 3 aromatic rings. The molecule has 1 aliphatic rings. The van der Waals surface area contributed by atoms with Crippen LogP contribution in [0.5, 0.6) is 0 Å². The van der Waals surface area contributed by atoms with E-state index in [1.54, 1.807) is 24.3 Å². The monoisotopic (exact) mass is 384 g/mol. The number of fused-ring (bicyclic) bond motifs is 1. The predicted octanol–water partition coefficient (Wildman–Crippen LogP) is 3.82. The Morgan fingerprint density at radius 1 is 0.793 bits per heavy atom. The molecule has 3 aromatic carbocycles. The Bertz CT molecular complexity index is 1060. The fourth-order valence-corrected chi connectivity index (χ4v) is 3.53. The van der Waals surface area contributed by atoms with E-state index in [0.29, 0.717) is 16.8 Å². The Morgan fingerprint density at radius 3 is 1.97 bits per heavy atom. The number of imide groups is 1. The van der Waals surface area contributed by atoms with Crippen LogP contribution >= 0.6 is 0 Å². The van der Waals surface area contributed by atoms with E-state index in [1.807, 2.05) is 61.5 Å². The van der Waals surface area contributed by atoms with Crippen molar-refractivity contribution in [2.24, 2.45) is 0 Å². The first-order valence-electron chi connectivity index (χ1n) is 9.41. The summed E-state index contributed by atoms with van der Waals surface area (Å²) < 4.78 is 0. The molecule has 1 aliphatic heterocycles. The van der Waals surface area contributed by atoms with Gasteiger partial charge in [-0.25, -0.2) is 0 Å². The van der Waals surface area contributed by atoms with E-state index >= 15 is 0 Å². The minimum absolute atomic E-state index is 0.122. The molecule has 4 rings (SSSR count). The molecule has 0 saturated carbocycles. The van der Waals surface area contributed by atoms with E-state index in [0.717, 1.165) is 16.0 Å². The fraction of sp³-hybridized carbons (Fsp3) is 0.125. The van der Waals surface area contributed by atoms with Crippen molar-refractivity contribution in [2.75, 3.05) is 11.6 Å². The van der Waals surface area contributed by atoms with Crippen LogP contribution < -0.4 is 4.90 Å². The van der Waals surface area contributed by atoms with E-state index in [1.165, 1.54) is 4.90 Å². The van der Waals surface area contributed by atoms with Crippen molar-refractivity contribution in [2.45, 2.75) is 13.3 Å². The van der Waals surface area contributed by atoms with Crippen LogP contribution in [0.2, 0.25) is 0 Å². The molecular formula is C24H20N2O3. The number of aryl methyl sites for hydroxylation is 1. The number of hydrogen-bond acceptors (Lipinski definition) is 3. The Hall–Kier alpha value is -3.73. The van der Waals surface area contributed by atoms with Crippen molar-refractivity contribution in [1.29, 1.82) is 0 Å². The molecule has 0 saturated heterocycles. The second-order valence-electron chi connectivity index (χ2n) is 7.00. The number of nitrogens with zero attached hydrogens (tertiary/aromatic N) is 2. The SMILES string of the molecule is Cc1ccccc1N(CN1C(=O)c2ccccc2C1=O)C(=O)Cc1ccccc1. The lowest BCUT2D eigenvalue weighted by Gasteiger charge is -2.28. The van der Waals surface area contributed by atoms with Gasteiger partial charge in [0.15, 0.2) is 0 Å². The van der Waals surface area contributed by atoms with Crippen LogP contribution in [0.1, 0.15) is 31.8 Å². The molecule has 5 nitrogen and oxygen atoms in total. The Labute approximate surface area is 169 Å². The minimum atomic E-state index is -0.378. The molecule has 3 amide bonds. The van der Waals surface area contributed by atoms with Crippen LogP contribution in [0.25, 0.3) is 0 Å². The maximum Gasteiger partial charge on any atom is 0.263 e. The van der Waals surface area contributed by atoms with Crippen LogP contribution in [0, 0.1) is 6.92 Å². The van der Waals surface area contributed by atoms with Crippen LogP contribution in [-0.2, 0) is 11.2 Å². The lowest BCUT2D eigenvalue weighted by molar-refractivity contribution is -0.118. The molecular weight excluding hydrogens is 364 g/mol. The summed E-state index contributed by atoms with van der Waals surface area (Å²) in [5, 5.41) is 0. The average molecular weight is 384 g/mol. The Balaban J connectivity index is 1.67. The molecule has 0 spiro atoms. The van der Waals surface area contributed by atoms with Gasteiger partial charge in [0.2, 0.25) is 5.91 Å². The summed E-state index contributed by atoms with van der Waals surface area (Å²) >= 11 is 0. The normalized spacial score (nSPS) is 12.8. The highest BCUT2D eigenvalue weighted by Crippen LogP contribution is 2.26. The number of carbonyl (C=O) groups is 3. The van der Waals surface area contributed by atoms with E-state index in [4.69, 9.17) is 0 Å². The second-order valence-corrected chi connectivity index (χ2v) is 7.00. The first-order valence-corrected chi connectivity index (χ1v) is 9.41. The van der Waals surface area contributed by atoms with Gasteiger partial charge >= 0.3 is 0 Å². The molecule has 0 aromatic heterocycles. The van der Waals surface area contributed by atoms with Gasteiger partial charge in [-0.2, -0.15) is 0 Å². The number of rotatable bonds is 5. The van der Waals surface area contributed by atoms with Gasteiger partial charge in [-0.15, -0.1) is 0 Å². The summed E-state index contributed by atoms with van der Waals surface area (Å²) in [5.74, 6) is -0.935. The average Bonchev–Trinajstić information content (AvgIpc) is 2.98. The smallest absolute Gasteiger partial charge is 0.263 e. The molecule has 0 aliphatic carbocycles. The molecule has 0 atom stereocenters. The highest BCUT2D eigenvalue weighted by molar-refractivity contribution is 6.21. The van der Waals surface area contributed by atoms with Crippen molar-refractivity contribution in [3.63, 3.8) is 0 Å². The highest BCUT2D eigenvalue weighted by atomic mass is 16.2. The maximum absolute atomic E-state index is 13.2. The number of amides is 3. The zero-order valence-corrected chi connectivity index (χ0v) is 16.0. The number of carbonyl (C=O) groups excluding carboxylic acids is 3. The van der Waals surface area contributed by atoms with Crippen molar-refractivity contribution in [3.05, 3.63) is 101 Å². The van der Waals surface area contributed by atoms with E-state index in [2.05, 4.69) is 0 Å². The summed E-state index contributed by atoms with van der Waals surface area (Å²) in [7, 11) is 0. The molecule has 0 radical (unpaired) electrons. The predicted molar refractivity (Wildman–Crippen MR) is 111 cm³/mol. The molecule has 5 heteroatoms. The van der Waals surface area contributed by atoms with Gasteiger partial charge in [0.25, 0.3) is 11.8 Å². The lowest BCUT2D eigenvalue weighted by Crippen LogP contribution is -2.45. The van der Waals surface area contributed by atoms with Crippen LogP contribution in [0.4, 0.5) is 5.69 Å². The van der Waals surface area contributed by atoms with Gasteiger partial charge < -0.3 is 0 Å². The number of para-hydroxylation sites is 1. The van der Waals surface area contributed by atoms with Gasteiger partial charge in [-0.1, -0.05) is 60.7 Å². The van der Waals surface area contributed by atoms with Crippen molar-refractivity contribution >= 4 is 23.4 Å². The summed E-state index contributed by atoms with van der Waals surface area (Å²) in [4.78, 5) is 41.5. The molecule has 144 valence electrons. The van der Waals surface area contributed by atoms with Crippen molar-refractivity contribution in [1.82, 2.24) is 4.90 Å². The van der Waals surface area contributed by atoms with Crippen molar-refractivity contribution in [3.8, 4) is 0 Å². The number of hydrogen-bond donors (Lipinski definition) is 0. The third kappa shape index (κ3) is 3.55. The second kappa shape index (κ2) is 7.72. The zero-order valence-electron chi connectivity index (χ0n) is 16.0. The molecule has 0 fully saturated rings. The van der Waals surface area contributed by atoms with Gasteiger partial charge in [-0.05, 0) is 36.2 Å². The number of anilines is 1. The summed E-state index contributed by atoms with van der Waals surface area (Å²) in [6, 6.07) is 23.6. The molecule has 0 bridgehead atoms.